The second-order valence-electron chi connectivity index (χ2n) is 5.14. The minimum absolute atomic E-state index is 0.429. The molecule has 2 aromatic rings. The van der Waals surface area contributed by atoms with Gasteiger partial charge >= 0.3 is 0 Å². The van der Waals surface area contributed by atoms with Crippen LogP contribution >= 0.6 is 105 Å². The molecule has 140 valence electrons. The van der Waals surface area contributed by atoms with E-state index in [9.17, 15) is 10.5 Å². The highest BCUT2D eigenvalue weighted by Crippen LogP contribution is 2.57. The van der Waals surface area contributed by atoms with Gasteiger partial charge in [0.15, 0.2) is 0 Å². The van der Waals surface area contributed by atoms with Crippen LogP contribution in [0.2, 0.25) is 0 Å². The molecule has 0 atom stereocenters. The van der Waals surface area contributed by atoms with Crippen molar-refractivity contribution in [2.45, 2.75) is 9.79 Å². The number of nitrogens with zero attached hydrogens (tertiary/aromatic N) is 2. The van der Waals surface area contributed by atoms with Crippen LogP contribution < -0.4 is 8.38 Å². The third-order valence-electron chi connectivity index (χ3n) is 3.56. The van der Waals surface area contributed by atoms with Gasteiger partial charge in [-0.25, -0.2) is 0 Å². The molecule has 4 rings (SSSR count). The average Bonchev–Trinajstić information content (AvgIpc) is 3.41. The molecular formula is C17H8N2S9. The Kier molecular flexibility index (Phi) is 6.88. The lowest BCUT2D eigenvalue weighted by molar-refractivity contribution is 1.23. The van der Waals surface area contributed by atoms with Crippen molar-refractivity contribution in [1.29, 1.82) is 10.5 Å². The molecule has 0 bridgehead atoms. The molecule has 0 aliphatic carbocycles. The van der Waals surface area contributed by atoms with Crippen LogP contribution in [0.5, 0.6) is 0 Å². The van der Waals surface area contributed by atoms with Crippen LogP contribution in [0.1, 0.15) is 11.1 Å². The lowest BCUT2D eigenvalue weighted by atomic mass is 10.1. The Labute approximate surface area is 201 Å². The van der Waals surface area contributed by atoms with Gasteiger partial charge < -0.3 is 0 Å². The smallest absolute Gasteiger partial charge is 0.110 e. The molecule has 0 saturated carbocycles. The first-order valence-corrected chi connectivity index (χ1v) is 15.2. The fraction of sp³-hybridized carbons (Fsp3) is 0.118. The van der Waals surface area contributed by atoms with E-state index in [0.29, 0.717) is 11.1 Å². The van der Waals surface area contributed by atoms with Crippen LogP contribution in [0.4, 0.5) is 0 Å². The molecule has 0 fully saturated rings. The summed E-state index contributed by atoms with van der Waals surface area (Å²) in [4.78, 5) is 2.05. The van der Waals surface area contributed by atoms with E-state index in [1.165, 1.54) is 16.6 Å². The molecule has 3 heterocycles. The zero-order valence-electron chi connectivity index (χ0n) is 14.2. The van der Waals surface area contributed by atoms with Crippen LogP contribution in [0, 0.1) is 26.5 Å². The molecule has 2 aliphatic rings. The van der Waals surface area contributed by atoms with E-state index >= 15 is 0 Å². The maximum atomic E-state index is 9.26. The van der Waals surface area contributed by atoms with Gasteiger partial charge in [0.2, 0.25) is 0 Å². The van der Waals surface area contributed by atoms with Crippen molar-refractivity contribution in [2.75, 3.05) is 12.5 Å². The zero-order valence-corrected chi connectivity index (χ0v) is 21.6. The quantitative estimate of drug-likeness (QED) is 0.399. The molecule has 0 saturated heterocycles. The van der Waals surface area contributed by atoms with Crippen molar-refractivity contribution < 1.29 is 0 Å². The van der Waals surface area contributed by atoms with E-state index in [4.69, 9.17) is 12.2 Å². The summed E-state index contributed by atoms with van der Waals surface area (Å²) in [7, 11) is 0. The lowest BCUT2D eigenvalue weighted by Crippen LogP contribution is -1.96. The van der Waals surface area contributed by atoms with E-state index in [2.05, 4.69) is 24.6 Å². The Balaban J connectivity index is 1.77. The summed E-state index contributed by atoms with van der Waals surface area (Å²) >= 11 is 19.7. The summed E-state index contributed by atoms with van der Waals surface area (Å²) in [5, 5.41) is 18.5. The number of hydrogen-bond acceptors (Lipinski definition) is 11. The minimum Gasteiger partial charge on any atom is -0.192 e. The summed E-state index contributed by atoms with van der Waals surface area (Å²) in [5.41, 5.74) is 0.858. The lowest BCUT2D eigenvalue weighted by Gasteiger charge is -1.98. The van der Waals surface area contributed by atoms with Crippen molar-refractivity contribution >= 4 is 114 Å². The van der Waals surface area contributed by atoms with Crippen molar-refractivity contribution in [1.82, 2.24) is 0 Å². The van der Waals surface area contributed by atoms with Crippen LogP contribution in [-0.2, 0) is 0 Å². The molecule has 0 spiro atoms. The zero-order chi connectivity index (χ0) is 19.8. The second-order valence-corrected chi connectivity index (χ2v) is 14.9. The van der Waals surface area contributed by atoms with Gasteiger partial charge in [0.25, 0.3) is 0 Å². The topological polar surface area (TPSA) is 47.6 Å². The molecule has 1 aromatic carbocycles. The number of nitriles is 2. The Morgan fingerprint density at radius 2 is 1.36 bits per heavy atom. The first kappa shape index (κ1) is 21.3. The number of hydrogen-bond donors (Lipinski definition) is 0. The van der Waals surface area contributed by atoms with Gasteiger partial charge in [-0.15, -0.1) is 46.2 Å². The normalized spacial score (nSPS) is 15.7. The van der Waals surface area contributed by atoms with Crippen LogP contribution in [0.3, 0.4) is 0 Å². The van der Waals surface area contributed by atoms with Crippen molar-refractivity contribution in [3.8, 4) is 12.1 Å². The number of thioether (sulfide) groups is 6. The molecule has 1 aromatic heterocycles. The summed E-state index contributed by atoms with van der Waals surface area (Å²) < 4.78 is 8.45. The molecule has 0 N–H and O–H groups in total. The fourth-order valence-corrected chi connectivity index (χ4v) is 13.6. The largest absolute Gasteiger partial charge is 0.192 e. The van der Waals surface area contributed by atoms with Crippen LogP contribution in [-0.4, -0.2) is 12.5 Å². The average molecular weight is 529 g/mol. The molecular weight excluding hydrogens is 521 g/mol. The van der Waals surface area contributed by atoms with Gasteiger partial charge in [0.05, 0.1) is 32.6 Å². The summed E-state index contributed by atoms with van der Waals surface area (Å²) in [5.74, 6) is 0. The van der Waals surface area contributed by atoms with Gasteiger partial charge in [0.1, 0.15) is 19.8 Å². The maximum absolute atomic E-state index is 9.26. The number of fused-ring (bicyclic) bond motifs is 1. The van der Waals surface area contributed by atoms with E-state index in [-0.39, 0.29) is 0 Å². The Hall–Kier alpha value is 0.0500. The Morgan fingerprint density at radius 3 is 1.82 bits per heavy atom. The molecule has 2 nitrogen and oxygen atoms in total. The van der Waals surface area contributed by atoms with Crippen molar-refractivity contribution in [2.24, 2.45) is 0 Å². The summed E-state index contributed by atoms with van der Waals surface area (Å²) in [6.45, 7) is 0. The number of rotatable bonds is 2. The highest BCUT2D eigenvalue weighted by molar-refractivity contribution is 8.45. The second kappa shape index (κ2) is 9.04. The predicted molar refractivity (Wildman–Crippen MR) is 136 cm³/mol. The first-order chi connectivity index (χ1) is 13.6. The van der Waals surface area contributed by atoms with Gasteiger partial charge in [-0.1, -0.05) is 59.3 Å². The van der Waals surface area contributed by atoms with Gasteiger partial charge in [-0.05, 0) is 24.6 Å². The molecule has 28 heavy (non-hydrogen) atoms. The van der Waals surface area contributed by atoms with Gasteiger partial charge in [0, 0.05) is 9.79 Å². The Morgan fingerprint density at radius 1 is 0.821 bits per heavy atom. The summed E-state index contributed by atoms with van der Waals surface area (Å²) in [6.07, 6.45) is 4.24. The summed E-state index contributed by atoms with van der Waals surface area (Å²) in [6, 6.07) is 7.86. The van der Waals surface area contributed by atoms with E-state index < -0.39 is 0 Å². The Bertz CT molecular complexity index is 1220. The van der Waals surface area contributed by atoms with E-state index in [1.54, 1.807) is 69.7 Å². The first-order valence-electron chi connectivity index (χ1n) is 7.48. The van der Waals surface area contributed by atoms with E-state index in [0.717, 1.165) is 22.4 Å². The molecule has 0 unspecified atom stereocenters. The van der Waals surface area contributed by atoms with E-state index in [1.807, 2.05) is 35.7 Å². The van der Waals surface area contributed by atoms with Crippen molar-refractivity contribution in [3.63, 3.8) is 0 Å². The molecule has 2 aliphatic heterocycles. The third kappa shape index (κ3) is 3.98. The minimum atomic E-state index is 0.429. The molecule has 11 heteroatoms. The van der Waals surface area contributed by atoms with Crippen molar-refractivity contribution in [3.05, 3.63) is 43.9 Å². The van der Waals surface area contributed by atoms with Crippen LogP contribution in [0.15, 0.2) is 30.4 Å². The maximum Gasteiger partial charge on any atom is 0.110 e. The monoisotopic (exact) mass is 528 g/mol. The number of benzene rings is 1. The molecule has 0 amide bonds. The van der Waals surface area contributed by atoms with Gasteiger partial charge in [-0.3, -0.25) is 0 Å². The standard InChI is InChI=1S/C17H8N2S9/c1-21-14-15(22-2)28-17(27-14)16-25-11(12(20)26-16)13-23-9-3-7(5-18)8(6-19)4-10(9)24-13/h3-4H,1-2H3. The highest BCUT2D eigenvalue weighted by Gasteiger charge is 2.24. The third-order valence-corrected chi connectivity index (χ3v) is 15.1. The highest BCUT2D eigenvalue weighted by atomic mass is 32.3. The van der Waals surface area contributed by atoms with Gasteiger partial charge in [-0.2, -0.15) is 10.5 Å². The van der Waals surface area contributed by atoms with Crippen LogP contribution in [0.25, 0.3) is 8.47 Å². The fourth-order valence-electron chi connectivity index (χ4n) is 2.32. The molecule has 0 radical (unpaired) electrons. The SMILES string of the molecule is CSC1=C(SC)SC(=c2sc(=S)c(=C3Sc4cc(C#N)c(C#N)cc4S3)s2)S1. The predicted octanol–water partition coefficient (Wildman–Crippen LogP) is 6.64.